The van der Waals surface area contributed by atoms with Crippen LogP contribution in [-0.4, -0.2) is 71.5 Å². The Morgan fingerprint density at radius 1 is 0.867 bits per heavy atom. The van der Waals surface area contributed by atoms with E-state index in [2.05, 4.69) is 163 Å². The molecule has 0 bridgehead atoms. The smallest absolute Gasteiger partial charge is 0.135 e. The summed E-state index contributed by atoms with van der Waals surface area (Å²) in [4.78, 5) is 26.5. The van der Waals surface area contributed by atoms with Crippen molar-refractivity contribution in [3.8, 4) is 11.3 Å². The molecule has 60 heavy (non-hydrogen) atoms. The molecule has 0 aliphatic carbocycles. The fraction of sp³-hybridized carbons (Fsp3) is 0.440. The highest BCUT2D eigenvalue weighted by Crippen LogP contribution is 2.29. The Balaban J connectivity index is 0.982. The lowest BCUT2D eigenvalue weighted by atomic mass is 9.91. The first kappa shape index (κ1) is 44.1. The van der Waals surface area contributed by atoms with E-state index < -0.39 is 0 Å². The Morgan fingerprint density at radius 3 is 2.28 bits per heavy atom. The molecule has 6 rings (SSSR count). The minimum Gasteiger partial charge on any atom is -0.380 e. The molecule has 2 aliphatic heterocycles. The number of hydrogen-bond donors (Lipinski definition) is 3. The van der Waals surface area contributed by atoms with Gasteiger partial charge in [0.25, 0.3) is 0 Å². The standard InChI is InChI=1S/C50H68N10/c1-9-13-45(56-47(14-10-2)50(6,7)8)44(12-4)51-33-40-18-17-39(31-37(40)5)46-32-49(54-35-53-46)57-48-22-21-43(34-52-48)59-29-27-58(28-30-59)25-23-38-15-19-42(20-16-38)60-26-24-41(11-3)55-36-60/h11-12,14-22,31-32,34-35,51,55H,9-10,13,23-30,33,36H2,1-8H3,(H,52,53,54,57)/b41-11-,44-12+,47-14-,56-45+. The van der Waals surface area contributed by atoms with Crippen molar-refractivity contribution in [2.75, 3.05) is 61.1 Å². The molecule has 0 atom stereocenters. The van der Waals surface area contributed by atoms with Crippen LogP contribution in [0.4, 0.5) is 23.0 Å². The third kappa shape index (κ3) is 12.1. The van der Waals surface area contributed by atoms with Gasteiger partial charge < -0.3 is 25.8 Å². The van der Waals surface area contributed by atoms with Gasteiger partial charge in [0.05, 0.1) is 35.7 Å². The predicted octanol–water partition coefficient (Wildman–Crippen LogP) is 10.2. The molecule has 0 radical (unpaired) electrons. The zero-order valence-electron chi connectivity index (χ0n) is 37.5. The van der Waals surface area contributed by atoms with Crippen LogP contribution in [0.3, 0.4) is 0 Å². The van der Waals surface area contributed by atoms with Gasteiger partial charge in [-0.3, -0.25) is 9.89 Å². The van der Waals surface area contributed by atoms with Gasteiger partial charge in [-0.15, -0.1) is 0 Å². The summed E-state index contributed by atoms with van der Waals surface area (Å²) in [5.41, 5.74) is 12.9. The van der Waals surface area contributed by atoms with Gasteiger partial charge in [0.2, 0.25) is 0 Å². The summed E-state index contributed by atoms with van der Waals surface area (Å²) in [7, 11) is 0. The normalized spacial score (nSPS) is 16.6. The van der Waals surface area contributed by atoms with E-state index in [-0.39, 0.29) is 5.41 Å². The number of rotatable bonds is 16. The number of nitrogens with zero attached hydrogens (tertiary/aromatic N) is 7. The highest BCUT2D eigenvalue weighted by molar-refractivity contribution is 6.00. The molecule has 10 nitrogen and oxygen atoms in total. The first-order valence-corrected chi connectivity index (χ1v) is 22.1. The summed E-state index contributed by atoms with van der Waals surface area (Å²) in [6, 6.07) is 21.9. The van der Waals surface area contributed by atoms with Crippen LogP contribution in [0.1, 0.15) is 90.8 Å². The molecule has 2 saturated heterocycles. The Bertz CT molecular complexity index is 2110. The third-order valence-corrected chi connectivity index (χ3v) is 11.5. The third-order valence-electron chi connectivity index (χ3n) is 11.5. The van der Waals surface area contributed by atoms with Crippen LogP contribution in [0.15, 0.2) is 113 Å². The lowest BCUT2D eigenvalue weighted by molar-refractivity contribution is 0.261. The lowest BCUT2D eigenvalue weighted by Crippen LogP contribution is -2.47. The summed E-state index contributed by atoms with van der Waals surface area (Å²) in [5, 5.41) is 10.6. The van der Waals surface area contributed by atoms with Crippen molar-refractivity contribution in [3.63, 3.8) is 0 Å². The number of aromatic nitrogens is 3. The van der Waals surface area contributed by atoms with Crippen molar-refractivity contribution < 1.29 is 0 Å². The van der Waals surface area contributed by atoms with Gasteiger partial charge in [-0.25, -0.2) is 15.0 Å². The number of aryl methyl sites for hydroxylation is 1. The van der Waals surface area contributed by atoms with Crippen LogP contribution in [0.2, 0.25) is 0 Å². The van der Waals surface area contributed by atoms with E-state index in [1.54, 1.807) is 6.33 Å². The van der Waals surface area contributed by atoms with Crippen molar-refractivity contribution in [2.45, 2.75) is 94.0 Å². The maximum Gasteiger partial charge on any atom is 0.135 e. The largest absolute Gasteiger partial charge is 0.380 e. The van der Waals surface area contributed by atoms with Crippen LogP contribution in [-0.2, 0) is 13.0 Å². The zero-order valence-corrected chi connectivity index (χ0v) is 37.5. The second kappa shape index (κ2) is 21.2. The molecule has 4 aromatic rings. The maximum atomic E-state index is 5.20. The number of pyridine rings is 1. The van der Waals surface area contributed by atoms with E-state index in [1.807, 2.05) is 18.3 Å². The van der Waals surface area contributed by atoms with Gasteiger partial charge in [-0.1, -0.05) is 83.5 Å². The first-order valence-electron chi connectivity index (χ1n) is 22.1. The predicted molar refractivity (Wildman–Crippen MR) is 253 cm³/mol. The first-order chi connectivity index (χ1) is 29.1. The van der Waals surface area contributed by atoms with Gasteiger partial charge in [-0.05, 0) is 87.1 Å². The van der Waals surface area contributed by atoms with E-state index in [0.29, 0.717) is 5.82 Å². The van der Waals surface area contributed by atoms with Crippen LogP contribution in [0.5, 0.6) is 0 Å². The molecule has 2 aliphatic rings. The number of nitrogens with one attached hydrogen (secondary N) is 3. The lowest BCUT2D eigenvalue weighted by Gasteiger charge is -2.36. The van der Waals surface area contributed by atoms with Gasteiger partial charge >= 0.3 is 0 Å². The fourth-order valence-corrected chi connectivity index (χ4v) is 7.80. The molecule has 2 fully saturated rings. The zero-order chi connectivity index (χ0) is 42.5. The molecule has 2 aromatic heterocycles. The Hall–Kier alpha value is -5.48. The minimum absolute atomic E-state index is 0.00672. The topological polar surface area (TPSA) is 96.8 Å². The molecule has 0 unspecified atom stereocenters. The number of hydrogen-bond acceptors (Lipinski definition) is 10. The van der Waals surface area contributed by atoms with Crippen LogP contribution in [0.25, 0.3) is 11.3 Å². The summed E-state index contributed by atoms with van der Waals surface area (Å²) < 4.78 is 0. The highest BCUT2D eigenvalue weighted by atomic mass is 15.3. The fourth-order valence-electron chi connectivity index (χ4n) is 7.80. The number of allylic oxidation sites excluding steroid dienone is 5. The van der Waals surface area contributed by atoms with Crippen molar-refractivity contribution in [3.05, 3.63) is 125 Å². The molecule has 2 aromatic carbocycles. The minimum atomic E-state index is -0.00672. The Labute approximate surface area is 360 Å². The van der Waals surface area contributed by atoms with E-state index in [1.165, 1.54) is 28.1 Å². The molecule has 0 spiro atoms. The highest BCUT2D eigenvalue weighted by Gasteiger charge is 2.20. The Morgan fingerprint density at radius 2 is 1.65 bits per heavy atom. The molecular weight excluding hydrogens is 741 g/mol. The summed E-state index contributed by atoms with van der Waals surface area (Å²) in [6.07, 6.45) is 15.3. The van der Waals surface area contributed by atoms with Crippen LogP contribution >= 0.6 is 0 Å². The van der Waals surface area contributed by atoms with Gasteiger partial charge in [0.1, 0.15) is 18.0 Å². The number of piperazine rings is 1. The molecule has 0 saturated carbocycles. The van der Waals surface area contributed by atoms with Gasteiger partial charge in [0, 0.05) is 86.4 Å². The van der Waals surface area contributed by atoms with E-state index in [9.17, 15) is 0 Å². The van der Waals surface area contributed by atoms with Crippen molar-refractivity contribution in [2.24, 2.45) is 10.4 Å². The maximum absolute atomic E-state index is 5.20. The average molecular weight is 809 g/mol. The van der Waals surface area contributed by atoms with Crippen molar-refractivity contribution in [1.29, 1.82) is 0 Å². The van der Waals surface area contributed by atoms with Crippen LogP contribution < -0.4 is 25.8 Å². The van der Waals surface area contributed by atoms with E-state index >= 15 is 0 Å². The Kier molecular flexibility index (Phi) is 15.5. The SMILES string of the molecule is C/C=C1/CCN(c2ccc(CCN3CCN(c4ccc(Nc5cc(-c6ccc(CNC(=C/C)/C(CCC)=N/C(=C\CC)C(C)(C)C)c(C)c6)ncn5)nc4)CC3)cc2)CN1. The van der Waals surface area contributed by atoms with Gasteiger partial charge in [0.15, 0.2) is 0 Å². The summed E-state index contributed by atoms with van der Waals surface area (Å²) in [6.45, 7) is 25.3. The quantitative estimate of drug-likeness (QED) is 0.0956. The number of aliphatic imine (C=N–C) groups is 1. The molecule has 0 amide bonds. The molecule has 4 heterocycles. The summed E-state index contributed by atoms with van der Waals surface area (Å²) in [5.74, 6) is 1.47. The van der Waals surface area contributed by atoms with Crippen molar-refractivity contribution in [1.82, 2.24) is 30.5 Å². The molecule has 318 valence electrons. The van der Waals surface area contributed by atoms with Gasteiger partial charge in [-0.2, -0.15) is 0 Å². The molecule has 3 N–H and O–H groups in total. The second-order valence-corrected chi connectivity index (χ2v) is 17.0. The number of benzene rings is 2. The van der Waals surface area contributed by atoms with E-state index in [0.717, 1.165) is 124 Å². The monoisotopic (exact) mass is 809 g/mol. The van der Waals surface area contributed by atoms with Crippen LogP contribution in [0, 0.1) is 12.3 Å². The average Bonchev–Trinajstić information content (AvgIpc) is 3.26. The molecule has 10 heteroatoms. The molecular formula is C50H68N10. The van der Waals surface area contributed by atoms with Crippen molar-refractivity contribution >= 4 is 28.7 Å². The summed E-state index contributed by atoms with van der Waals surface area (Å²) >= 11 is 0. The number of anilines is 4. The van der Waals surface area contributed by atoms with E-state index in [4.69, 9.17) is 9.98 Å². The second-order valence-electron chi connectivity index (χ2n) is 17.0.